The lowest BCUT2D eigenvalue weighted by molar-refractivity contribution is 0.459. The van der Waals surface area contributed by atoms with Crippen LogP contribution in [0.4, 0.5) is 5.69 Å². The normalized spacial score (nSPS) is 18.1. The van der Waals surface area contributed by atoms with Crippen LogP contribution < -0.4 is 4.31 Å². The van der Waals surface area contributed by atoms with Gasteiger partial charge in [0.05, 0.1) is 16.3 Å². The molecule has 0 saturated carbocycles. The zero-order valence-electron chi connectivity index (χ0n) is 14.5. The fourth-order valence-electron chi connectivity index (χ4n) is 2.77. The summed E-state index contributed by atoms with van der Waals surface area (Å²) in [5, 5.41) is 0. The molecule has 1 saturated heterocycles. The number of unbranched alkanes of at least 4 members (excludes halogenated alkanes) is 1. The Morgan fingerprint density at radius 2 is 1.96 bits per heavy atom. The molecule has 0 amide bonds. The maximum atomic E-state index is 12.8. The van der Waals surface area contributed by atoms with Gasteiger partial charge in [0, 0.05) is 20.1 Å². The Morgan fingerprint density at radius 3 is 2.58 bits per heavy atom. The summed E-state index contributed by atoms with van der Waals surface area (Å²) in [6.45, 7) is 4.59. The molecule has 8 heteroatoms. The van der Waals surface area contributed by atoms with Gasteiger partial charge in [-0.25, -0.2) is 21.1 Å². The lowest BCUT2D eigenvalue weighted by Gasteiger charge is -2.29. The lowest BCUT2D eigenvalue weighted by atomic mass is 10.2. The minimum Gasteiger partial charge on any atom is -0.270 e. The van der Waals surface area contributed by atoms with Crippen LogP contribution >= 0.6 is 0 Å². The van der Waals surface area contributed by atoms with Crippen molar-refractivity contribution in [3.8, 4) is 0 Å². The van der Waals surface area contributed by atoms with Crippen LogP contribution in [0.15, 0.2) is 23.1 Å². The van der Waals surface area contributed by atoms with Gasteiger partial charge in [-0.05, 0) is 43.9 Å². The monoisotopic (exact) mass is 374 g/mol. The molecular weight excluding hydrogens is 348 g/mol. The number of benzene rings is 1. The van der Waals surface area contributed by atoms with E-state index in [4.69, 9.17) is 0 Å². The van der Waals surface area contributed by atoms with Crippen LogP contribution in [0, 0.1) is 6.92 Å². The van der Waals surface area contributed by atoms with E-state index < -0.39 is 20.0 Å². The van der Waals surface area contributed by atoms with E-state index in [1.807, 2.05) is 6.92 Å². The molecule has 0 unspecified atom stereocenters. The molecule has 1 heterocycles. The Balaban J connectivity index is 2.42. The third-order valence-electron chi connectivity index (χ3n) is 4.32. The molecule has 2 rings (SSSR count). The summed E-state index contributed by atoms with van der Waals surface area (Å²) in [7, 11) is -5.43. The van der Waals surface area contributed by atoms with Crippen molar-refractivity contribution in [1.82, 2.24) is 4.31 Å². The highest BCUT2D eigenvalue weighted by atomic mass is 32.2. The maximum absolute atomic E-state index is 12.8. The van der Waals surface area contributed by atoms with Crippen molar-refractivity contribution < 1.29 is 16.8 Å². The topological polar surface area (TPSA) is 74.8 Å². The maximum Gasteiger partial charge on any atom is 0.243 e. The molecule has 0 spiro atoms. The van der Waals surface area contributed by atoms with Gasteiger partial charge in [-0.3, -0.25) is 4.31 Å². The van der Waals surface area contributed by atoms with Crippen molar-refractivity contribution in [3.05, 3.63) is 23.8 Å². The van der Waals surface area contributed by atoms with E-state index in [2.05, 4.69) is 0 Å². The molecule has 6 nitrogen and oxygen atoms in total. The third kappa shape index (κ3) is 3.92. The molecule has 0 N–H and O–H groups in total. The van der Waals surface area contributed by atoms with Gasteiger partial charge in [0.1, 0.15) is 0 Å². The predicted molar refractivity (Wildman–Crippen MR) is 96.3 cm³/mol. The predicted octanol–water partition coefficient (Wildman–Crippen LogP) is 2.35. The van der Waals surface area contributed by atoms with Gasteiger partial charge in [-0.2, -0.15) is 0 Å². The average molecular weight is 375 g/mol. The summed E-state index contributed by atoms with van der Waals surface area (Å²) in [5.74, 6) is 0.110. The number of hydrogen-bond acceptors (Lipinski definition) is 4. The molecule has 1 aromatic rings. The molecule has 0 radical (unpaired) electrons. The number of nitrogens with zero attached hydrogens (tertiary/aromatic N) is 2. The van der Waals surface area contributed by atoms with Crippen molar-refractivity contribution in [2.45, 2.75) is 44.4 Å². The van der Waals surface area contributed by atoms with Gasteiger partial charge in [0.25, 0.3) is 0 Å². The van der Waals surface area contributed by atoms with E-state index in [9.17, 15) is 16.8 Å². The zero-order valence-corrected chi connectivity index (χ0v) is 16.2. The Bertz CT molecular complexity index is 788. The quantitative estimate of drug-likeness (QED) is 0.766. The average Bonchev–Trinajstić information content (AvgIpc) is 2.52. The number of hydrogen-bond donors (Lipinski definition) is 0. The minimum atomic E-state index is -3.63. The van der Waals surface area contributed by atoms with E-state index in [-0.39, 0.29) is 10.6 Å². The van der Waals surface area contributed by atoms with Crippen molar-refractivity contribution in [1.29, 1.82) is 0 Å². The number of rotatable bonds is 6. The highest BCUT2D eigenvalue weighted by molar-refractivity contribution is 7.92. The number of anilines is 1. The van der Waals surface area contributed by atoms with Gasteiger partial charge >= 0.3 is 0 Å². The Kier molecular flexibility index (Phi) is 5.93. The van der Waals surface area contributed by atoms with E-state index in [0.29, 0.717) is 30.8 Å². The molecule has 0 aromatic heterocycles. The van der Waals surface area contributed by atoms with Crippen molar-refractivity contribution >= 4 is 25.7 Å². The van der Waals surface area contributed by atoms with Crippen molar-refractivity contribution in [2.75, 3.05) is 30.2 Å². The van der Waals surface area contributed by atoms with E-state index in [1.54, 1.807) is 26.1 Å². The van der Waals surface area contributed by atoms with Crippen LogP contribution in [0.3, 0.4) is 0 Å². The van der Waals surface area contributed by atoms with Gasteiger partial charge in [0.2, 0.25) is 20.0 Å². The summed E-state index contributed by atoms with van der Waals surface area (Å²) in [6, 6.07) is 4.86. The fourth-order valence-corrected chi connectivity index (χ4v) is 5.85. The first-order chi connectivity index (χ1) is 11.2. The Hall–Kier alpha value is -1.12. The molecule has 24 heavy (non-hydrogen) atoms. The summed E-state index contributed by atoms with van der Waals surface area (Å²) in [5.41, 5.74) is 1.05. The summed E-state index contributed by atoms with van der Waals surface area (Å²) in [6.07, 6.45) is 3.13. The van der Waals surface area contributed by atoms with Crippen LogP contribution in [-0.4, -0.2) is 47.0 Å². The van der Waals surface area contributed by atoms with Crippen molar-refractivity contribution in [2.24, 2.45) is 0 Å². The molecule has 0 atom stereocenters. The summed E-state index contributed by atoms with van der Waals surface area (Å²) >= 11 is 0. The van der Waals surface area contributed by atoms with Gasteiger partial charge < -0.3 is 0 Å². The molecule has 0 aliphatic carbocycles. The molecule has 0 bridgehead atoms. The zero-order chi connectivity index (χ0) is 18.0. The van der Waals surface area contributed by atoms with Gasteiger partial charge in [-0.15, -0.1) is 0 Å². The first-order valence-corrected chi connectivity index (χ1v) is 11.3. The van der Waals surface area contributed by atoms with Gasteiger partial charge in [-0.1, -0.05) is 19.4 Å². The Morgan fingerprint density at radius 1 is 1.25 bits per heavy atom. The molecule has 136 valence electrons. The largest absolute Gasteiger partial charge is 0.270 e. The van der Waals surface area contributed by atoms with Crippen LogP contribution in [0.1, 0.15) is 38.2 Å². The van der Waals surface area contributed by atoms with E-state index in [0.717, 1.165) is 19.3 Å². The van der Waals surface area contributed by atoms with Crippen LogP contribution in [-0.2, 0) is 20.0 Å². The smallest absolute Gasteiger partial charge is 0.243 e. The van der Waals surface area contributed by atoms with Crippen molar-refractivity contribution in [3.63, 3.8) is 0 Å². The second kappa shape index (κ2) is 7.41. The van der Waals surface area contributed by atoms with Crippen LogP contribution in [0.25, 0.3) is 0 Å². The van der Waals surface area contributed by atoms with E-state index in [1.165, 1.54) is 14.7 Å². The van der Waals surface area contributed by atoms with Crippen LogP contribution in [0.2, 0.25) is 0 Å². The SMILES string of the molecule is CCCCN(C)S(=O)(=O)c1cc(N2CCCCS2(=O)=O)ccc1C. The molecule has 1 aliphatic heterocycles. The molecular formula is C16H26N2O4S2. The summed E-state index contributed by atoms with van der Waals surface area (Å²) in [4.78, 5) is 0.180. The van der Waals surface area contributed by atoms with E-state index >= 15 is 0 Å². The second-order valence-corrected chi connectivity index (χ2v) is 10.3. The minimum absolute atomic E-state index is 0.110. The Labute approximate surface area is 145 Å². The first kappa shape index (κ1) is 19.2. The first-order valence-electron chi connectivity index (χ1n) is 8.27. The molecule has 1 fully saturated rings. The highest BCUT2D eigenvalue weighted by Crippen LogP contribution is 2.29. The summed E-state index contributed by atoms with van der Waals surface area (Å²) < 4.78 is 52.8. The highest BCUT2D eigenvalue weighted by Gasteiger charge is 2.28. The standard InChI is InChI=1S/C16H26N2O4S2/c1-4-5-10-17(3)24(21,22)16-13-15(9-8-14(16)2)18-11-6-7-12-23(18,19)20/h8-9,13H,4-7,10-12H2,1-3H3. The lowest BCUT2D eigenvalue weighted by Crippen LogP contribution is -2.38. The molecule has 1 aliphatic rings. The molecule has 1 aromatic carbocycles. The van der Waals surface area contributed by atoms with Gasteiger partial charge in [0.15, 0.2) is 0 Å². The number of aryl methyl sites for hydroxylation is 1. The fraction of sp³-hybridized carbons (Fsp3) is 0.625. The van der Waals surface area contributed by atoms with Crippen LogP contribution in [0.5, 0.6) is 0 Å². The second-order valence-electron chi connectivity index (χ2n) is 6.23. The third-order valence-corrected chi connectivity index (χ3v) is 8.19. The number of sulfonamides is 2.